The summed E-state index contributed by atoms with van der Waals surface area (Å²) in [6, 6.07) is 10.1. The molecule has 0 N–H and O–H groups in total. The van der Waals surface area contributed by atoms with Crippen molar-refractivity contribution in [2.24, 2.45) is 0 Å². The Bertz CT molecular complexity index is 711. The number of carbonyl (C=O) groups is 1. The predicted molar refractivity (Wildman–Crippen MR) is 94.3 cm³/mol. The second-order valence-corrected chi connectivity index (χ2v) is 6.62. The SMILES string of the molecule is COc1ccc(C2CCCN2C(=O)CN(C)Cc2cc(C)on2)cc1. The molecule has 0 bridgehead atoms. The summed E-state index contributed by atoms with van der Waals surface area (Å²) in [5.41, 5.74) is 2.02. The smallest absolute Gasteiger partial charge is 0.237 e. The molecular formula is C19H25N3O3. The van der Waals surface area contributed by atoms with Gasteiger partial charge in [0.05, 0.1) is 25.4 Å². The highest BCUT2D eigenvalue weighted by Gasteiger charge is 2.30. The molecule has 2 aromatic rings. The van der Waals surface area contributed by atoms with E-state index in [1.807, 2.05) is 42.0 Å². The zero-order valence-corrected chi connectivity index (χ0v) is 15.1. The van der Waals surface area contributed by atoms with Crippen LogP contribution in [0.4, 0.5) is 0 Å². The molecule has 6 nitrogen and oxygen atoms in total. The maximum atomic E-state index is 12.8. The molecule has 1 unspecified atom stereocenters. The van der Waals surface area contributed by atoms with Crippen LogP contribution in [0.25, 0.3) is 0 Å². The van der Waals surface area contributed by atoms with E-state index in [0.717, 1.165) is 36.6 Å². The Labute approximate surface area is 148 Å². The molecule has 1 saturated heterocycles. The van der Waals surface area contributed by atoms with Crippen molar-refractivity contribution >= 4 is 5.91 Å². The van der Waals surface area contributed by atoms with Crippen molar-refractivity contribution in [1.82, 2.24) is 15.0 Å². The molecule has 1 aromatic heterocycles. The molecule has 25 heavy (non-hydrogen) atoms. The molecule has 0 aliphatic carbocycles. The van der Waals surface area contributed by atoms with Gasteiger partial charge in [0.15, 0.2) is 0 Å². The van der Waals surface area contributed by atoms with Gasteiger partial charge in [-0.1, -0.05) is 17.3 Å². The molecule has 0 radical (unpaired) electrons. The molecule has 1 amide bonds. The predicted octanol–water partition coefficient (Wildman–Crippen LogP) is 2.79. The number of carbonyl (C=O) groups excluding carboxylic acids is 1. The highest BCUT2D eigenvalue weighted by Crippen LogP contribution is 2.32. The fourth-order valence-electron chi connectivity index (χ4n) is 3.38. The second-order valence-electron chi connectivity index (χ2n) is 6.62. The molecule has 1 aromatic carbocycles. The minimum Gasteiger partial charge on any atom is -0.497 e. The van der Waals surface area contributed by atoms with Crippen LogP contribution < -0.4 is 4.74 Å². The van der Waals surface area contributed by atoms with Gasteiger partial charge in [-0.05, 0) is 44.5 Å². The number of nitrogens with zero attached hydrogens (tertiary/aromatic N) is 3. The minimum absolute atomic E-state index is 0.154. The summed E-state index contributed by atoms with van der Waals surface area (Å²) in [4.78, 5) is 16.7. The van der Waals surface area contributed by atoms with E-state index in [2.05, 4.69) is 17.3 Å². The zero-order chi connectivity index (χ0) is 17.8. The van der Waals surface area contributed by atoms with Crippen LogP contribution in [0.5, 0.6) is 5.75 Å². The molecule has 3 rings (SSSR count). The Hall–Kier alpha value is -2.34. The summed E-state index contributed by atoms with van der Waals surface area (Å²) in [5.74, 6) is 1.78. The summed E-state index contributed by atoms with van der Waals surface area (Å²) < 4.78 is 10.3. The minimum atomic E-state index is 0.154. The van der Waals surface area contributed by atoms with Crippen molar-refractivity contribution in [1.29, 1.82) is 0 Å². The van der Waals surface area contributed by atoms with Gasteiger partial charge < -0.3 is 14.2 Å². The number of methoxy groups -OCH3 is 1. The lowest BCUT2D eigenvalue weighted by atomic mass is 10.0. The number of ether oxygens (including phenoxy) is 1. The van der Waals surface area contributed by atoms with Crippen molar-refractivity contribution in [3.05, 3.63) is 47.3 Å². The van der Waals surface area contributed by atoms with Crippen LogP contribution in [0.15, 0.2) is 34.9 Å². The number of hydrogen-bond acceptors (Lipinski definition) is 5. The lowest BCUT2D eigenvalue weighted by molar-refractivity contribution is -0.133. The number of rotatable bonds is 6. The summed E-state index contributed by atoms with van der Waals surface area (Å²) in [6.07, 6.45) is 2.04. The number of aryl methyl sites for hydroxylation is 1. The average Bonchev–Trinajstić information content (AvgIpc) is 3.24. The van der Waals surface area contributed by atoms with E-state index < -0.39 is 0 Å². The van der Waals surface area contributed by atoms with Crippen molar-refractivity contribution in [3.8, 4) is 5.75 Å². The van der Waals surface area contributed by atoms with Gasteiger partial charge in [0, 0.05) is 19.2 Å². The van der Waals surface area contributed by atoms with Gasteiger partial charge >= 0.3 is 0 Å². The van der Waals surface area contributed by atoms with Gasteiger partial charge in [-0.2, -0.15) is 0 Å². The van der Waals surface area contributed by atoms with Gasteiger partial charge in [0.25, 0.3) is 0 Å². The third kappa shape index (κ3) is 4.20. The van der Waals surface area contributed by atoms with Gasteiger partial charge in [-0.25, -0.2) is 0 Å². The summed E-state index contributed by atoms with van der Waals surface area (Å²) in [5, 5.41) is 3.99. The van der Waals surface area contributed by atoms with Crippen molar-refractivity contribution in [3.63, 3.8) is 0 Å². The first-order valence-electron chi connectivity index (χ1n) is 8.61. The van der Waals surface area contributed by atoms with E-state index in [4.69, 9.17) is 9.26 Å². The fraction of sp³-hybridized carbons (Fsp3) is 0.474. The molecule has 1 aliphatic rings. The highest BCUT2D eigenvalue weighted by atomic mass is 16.5. The van der Waals surface area contributed by atoms with Gasteiger partial charge in [-0.3, -0.25) is 9.69 Å². The standard InChI is InChI=1S/C19H25N3O3/c1-14-11-16(20-25-14)12-21(2)13-19(23)22-10-4-5-18(22)15-6-8-17(24-3)9-7-15/h6-9,11,18H,4-5,10,12-13H2,1-3H3. The van der Waals surface area contributed by atoms with Crippen LogP contribution in [-0.4, -0.2) is 48.1 Å². The number of likely N-dealkylation sites (tertiary alicyclic amines) is 1. The number of likely N-dealkylation sites (N-methyl/N-ethyl adjacent to an activating group) is 1. The van der Waals surface area contributed by atoms with Crippen LogP contribution in [0.1, 0.15) is 35.9 Å². The average molecular weight is 343 g/mol. The summed E-state index contributed by atoms with van der Waals surface area (Å²) >= 11 is 0. The fourth-order valence-corrected chi connectivity index (χ4v) is 3.38. The topological polar surface area (TPSA) is 58.8 Å². The van der Waals surface area contributed by atoms with Crippen LogP contribution in [0.2, 0.25) is 0 Å². The largest absolute Gasteiger partial charge is 0.497 e. The number of benzene rings is 1. The van der Waals surface area contributed by atoms with Crippen molar-refractivity contribution in [2.45, 2.75) is 32.4 Å². The monoisotopic (exact) mass is 343 g/mol. The Morgan fingerprint density at radius 2 is 2.16 bits per heavy atom. The Balaban J connectivity index is 1.61. The molecular weight excluding hydrogens is 318 g/mol. The summed E-state index contributed by atoms with van der Waals surface area (Å²) in [7, 11) is 3.59. The molecule has 6 heteroatoms. The van der Waals surface area contributed by atoms with E-state index in [0.29, 0.717) is 13.1 Å². The second kappa shape index (κ2) is 7.70. The van der Waals surface area contributed by atoms with Crippen LogP contribution in [0, 0.1) is 6.92 Å². The Kier molecular flexibility index (Phi) is 5.38. The van der Waals surface area contributed by atoms with E-state index in [1.54, 1.807) is 7.11 Å². The van der Waals surface area contributed by atoms with E-state index in [9.17, 15) is 4.79 Å². The lowest BCUT2D eigenvalue weighted by Crippen LogP contribution is -2.38. The van der Waals surface area contributed by atoms with E-state index in [-0.39, 0.29) is 11.9 Å². The number of hydrogen-bond donors (Lipinski definition) is 0. The number of aromatic nitrogens is 1. The maximum Gasteiger partial charge on any atom is 0.237 e. The van der Waals surface area contributed by atoms with Gasteiger partial charge in [0.2, 0.25) is 5.91 Å². The molecule has 1 aliphatic heterocycles. The van der Waals surface area contributed by atoms with Crippen molar-refractivity contribution in [2.75, 3.05) is 27.2 Å². The third-order valence-electron chi connectivity index (χ3n) is 4.59. The van der Waals surface area contributed by atoms with Gasteiger partial charge in [0.1, 0.15) is 11.5 Å². The quantitative estimate of drug-likeness (QED) is 0.807. The van der Waals surface area contributed by atoms with Gasteiger partial charge in [-0.15, -0.1) is 0 Å². The normalized spacial score (nSPS) is 17.3. The van der Waals surface area contributed by atoms with E-state index >= 15 is 0 Å². The highest BCUT2D eigenvalue weighted by molar-refractivity contribution is 5.79. The molecule has 1 atom stereocenters. The number of amides is 1. The lowest BCUT2D eigenvalue weighted by Gasteiger charge is -2.27. The first-order chi connectivity index (χ1) is 12.1. The van der Waals surface area contributed by atoms with Crippen molar-refractivity contribution < 1.29 is 14.1 Å². The maximum absolute atomic E-state index is 12.8. The van der Waals surface area contributed by atoms with Crippen LogP contribution >= 0.6 is 0 Å². The van der Waals surface area contributed by atoms with Crippen LogP contribution in [0.3, 0.4) is 0 Å². The first-order valence-corrected chi connectivity index (χ1v) is 8.61. The third-order valence-corrected chi connectivity index (χ3v) is 4.59. The molecule has 2 heterocycles. The molecule has 0 saturated carbocycles. The molecule has 134 valence electrons. The first kappa shape index (κ1) is 17.5. The summed E-state index contributed by atoms with van der Waals surface area (Å²) in [6.45, 7) is 3.65. The molecule has 1 fully saturated rings. The zero-order valence-electron chi connectivity index (χ0n) is 15.1. The van der Waals surface area contributed by atoms with E-state index in [1.165, 1.54) is 5.56 Å². The Morgan fingerprint density at radius 1 is 1.40 bits per heavy atom. The van der Waals surface area contributed by atoms with Crippen LogP contribution in [-0.2, 0) is 11.3 Å². The molecule has 0 spiro atoms. The Morgan fingerprint density at radius 3 is 2.80 bits per heavy atom.